The van der Waals surface area contributed by atoms with Crippen LogP contribution in [0.4, 0.5) is 18.9 Å². The van der Waals surface area contributed by atoms with Crippen LogP contribution in [0.1, 0.15) is 6.42 Å². The van der Waals surface area contributed by atoms with E-state index < -0.39 is 17.7 Å². The van der Waals surface area contributed by atoms with Gasteiger partial charge in [-0.15, -0.1) is 0 Å². The molecule has 0 aliphatic carbocycles. The summed E-state index contributed by atoms with van der Waals surface area (Å²) in [6.07, 6.45) is -4.10. The molecule has 1 aromatic rings. The summed E-state index contributed by atoms with van der Waals surface area (Å²) in [5.74, 6) is 0.259. The molecule has 0 saturated carbocycles. The van der Waals surface area contributed by atoms with Gasteiger partial charge in [0.2, 0.25) is 0 Å². The zero-order chi connectivity index (χ0) is 15.2. The molecule has 0 radical (unpaired) electrons. The van der Waals surface area contributed by atoms with Gasteiger partial charge in [0.25, 0.3) is 5.69 Å². The van der Waals surface area contributed by atoms with Crippen molar-refractivity contribution in [3.63, 3.8) is 0 Å². The van der Waals surface area contributed by atoms with E-state index in [1.165, 1.54) is 18.2 Å². The normalized spacial score (nSPS) is 11.4. The first-order chi connectivity index (χ1) is 9.29. The molecule has 0 fully saturated rings. The highest BCUT2D eigenvalue weighted by Gasteiger charge is 2.27. The van der Waals surface area contributed by atoms with Gasteiger partial charge in [-0.2, -0.15) is 13.2 Å². The maximum atomic E-state index is 11.8. The first-order valence-electron chi connectivity index (χ1n) is 5.51. The molecule has 0 amide bonds. The van der Waals surface area contributed by atoms with Crippen LogP contribution in [0.2, 0.25) is 0 Å². The Morgan fingerprint density at radius 3 is 2.60 bits per heavy atom. The predicted molar refractivity (Wildman–Crippen MR) is 67.8 cm³/mol. The van der Waals surface area contributed by atoms with Crippen molar-refractivity contribution in [1.29, 1.82) is 0 Å². The number of ether oxygens (including phenoxy) is 2. The second kappa shape index (κ2) is 7.44. The van der Waals surface area contributed by atoms with Gasteiger partial charge in [0.15, 0.2) is 0 Å². The summed E-state index contributed by atoms with van der Waals surface area (Å²) in [4.78, 5) is 10.0. The third-order valence-corrected chi connectivity index (χ3v) is 2.74. The Morgan fingerprint density at radius 1 is 1.30 bits per heavy atom. The SMILES string of the molecule is O=[N+]([O-])c1ccc(Br)c(OCCCOCC(F)(F)F)c1. The fourth-order valence-corrected chi connectivity index (χ4v) is 1.61. The quantitative estimate of drug-likeness (QED) is 0.424. The van der Waals surface area contributed by atoms with Crippen LogP contribution in [0.3, 0.4) is 0 Å². The molecule has 0 N–H and O–H groups in total. The summed E-state index contributed by atoms with van der Waals surface area (Å²) >= 11 is 3.16. The molecule has 112 valence electrons. The Hall–Kier alpha value is -1.35. The zero-order valence-corrected chi connectivity index (χ0v) is 11.7. The van der Waals surface area contributed by atoms with Crippen LogP contribution in [0.25, 0.3) is 0 Å². The van der Waals surface area contributed by atoms with Crippen molar-refractivity contribution in [3.05, 3.63) is 32.8 Å². The topological polar surface area (TPSA) is 61.6 Å². The number of nitrogens with zero attached hydrogens (tertiary/aromatic N) is 1. The lowest BCUT2D eigenvalue weighted by atomic mass is 10.3. The fraction of sp³-hybridized carbons (Fsp3) is 0.455. The van der Waals surface area contributed by atoms with Crippen molar-refractivity contribution in [3.8, 4) is 5.75 Å². The summed E-state index contributed by atoms with van der Waals surface area (Å²) in [6.45, 7) is -1.31. The summed E-state index contributed by atoms with van der Waals surface area (Å²) in [5.41, 5.74) is -0.128. The van der Waals surface area contributed by atoms with Crippen molar-refractivity contribution < 1.29 is 27.6 Å². The van der Waals surface area contributed by atoms with Crippen molar-refractivity contribution in [2.24, 2.45) is 0 Å². The molecule has 1 aromatic carbocycles. The summed E-state index contributed by atoms with van der Waals surface area (Å²) < 4.78 is 45.5. The molecule has 0 aliphatic rings. The van der Waals surface area contributed by atoms with Crippen molar-refractivity contribution in [1.82, 2.24) is 0 Å². The van der Waals surface area contributed by atoms with Gasteiger partial charge in [-0.3, -0.25) is 10.1 Å². The van der Waals surface area contributed by atoms with Gasteiger partial charge in [-0.1, -0.05) is 0 Å². The maximum Gasteiger partial charge on any atom is 0.411 e. The predicted octanol–water partition coefficient (Wildman–Crippen LogP) is 3.71. The molecular formula is C11H11BrF3NO4. The van der Waals surface area contributed by atoms with Gasteiger partial charge < -0.3 is 9.47 Å². The van der Waals surface area contributed by atoms with Gasteiger partial charge in [0, 0.05) is 12.5 Å². The zero-order valence-electron chi connectivity index (χ0n) is 10.2. The van der Waals surface area contributed by atoms with Crippen LogP contribution < -0.4 is 4.74 Å². The van der Waals surface area contributed by atoms with Gasteiger partial charge in [0.05, 0.1) is 28.7 Å². The summed E-state index contributed by atoms with van der Waals surface area (Å²) in [6, 6.07) is 4.01. The monoisotopic (exact) mass is 357 g/mol. The highest BCUT2D eigenvalue weighted by atomic mass is 79.9. The van der Waals surface area contributed by atoms with Crippen LogP contribution in [-0.4, -0.2) is 30.9 Å². The van der Waals surface area contributed by atoms with E-state index in [4.69, 9.17) is 4.74 Å². The molecule has 9 heteroatoms. The molecule has 0 unspecified atom stereocenters. The van der Waals surface area contributed by atoms with Crippen molar-refractivity contribution in [2.75, 3.05) is 19.8 Å². The van der Waals surface area contributed by atoms with Crippen molar-refractivity contribution in [2.45, 2.75) is 12.6 Å². The molecule has 0 atom stereocenters. The number of non-ortho nitro benzene ring substituents is 1. The van der Waals surface area contributed by atoms with Crippen LogP contribution in [0, 0.1) is 10.1 Å². The van der Waals surface area contributed by atoms with Crippen molar-refractivity contribution >= 4 is 21.6 Å². The molecule has 0 heterocycles. The molecule has 0 bridgehead atoms. The molecule has 0 spiro atoms. The summed E-state index contributed by atoms with van der Waals surface area (Å²) in [7, 11) is 0. The van der Waals surface area contributed by atoms with E-state index in [1.807, 2.05) is 0 Å². The molecule has 0 aliphatic heterocycles. The second-order valence-corrected chi connectivity index (χ2v) is 4.60. The van der Waals surface area contributed by atoms with E-state index in [0.717, 1.165) is 0 Å². The van der Waals surface area contributed by atoms with Gasteiger partial charge >= 0.3 is 6.18 Å². The lowest BCUT2D eigenvalue weighted by Crippen LogP contribution is -2.18. The molecule has 20 heavy (non-hydrogen) atoms. The number of halogens is 4. The number of alkyl halides is 3. The fourth-order valence-electron chi connectivity index (χ4n) is 1.25. The number of rotatable bonds is 7. The smallest absolute Gasteiger partial charge is 0.411 e. The lowest BCUT2D eigenvalue weighted by Gasteiger charge is -2.09. The van der Waals surface area contributed by atoms with E-state index >= 15 is 0 Å². The average Bonchev–Trinajstić information content (AvgIpc) is 2.34. The van der Waals surface area contributed by atoms with Gasteiger partial charge in [-0.05, 0) is 22.0 Å². The van der Waals surface area contributed by atoms with Crippen LogP contribution in [0.5, 0.6) is 5.75 Å². The molecule has 1 rings (SSSR count). The van der Waals surface area contributed by atoms with E-state index in [0.29, 0.717) is 4.47 Å². The standard InChI is InChI=1S/C11H11BrF3NO4/c12-9-3-2-8(16(17)18)6-10(9)20-5-1-4-19-7-11(13,14)15/h2-3,6H,1,4-5,7H2. The maximum absolute atomic E-state index is 11.8. The van der Waals surface area contributed by atoms with Gasteiger partial charge in [-0.25, -0.2) is 0 Å². The Labute approximate surface area is 121 Å². The average molecular weight is 358 g/mol. The van der Waals surface area contributed by atoms with E-state index in [1.54, 1.807) is 0 Å². The largest absolute Gasteiger partial charge is 0.492 e. The van der Waals surface area contributed by atoms with E-state index in [9.17, 15) is 23.3 Å². The molecule has 5 nitrogen and oxygen atoms in total. The number of hydrogen-bond donors (Lipinski definition) is 0. The Kier molecular flexibility index (Phi) is 6.21. The summed E-state index contributed by atoms with van der Waals surface area (Å²) in [5, 5.41) is 10.6. The van der Waals surface area contributed by atoms with E-state index in [2.05, 4.69) is 20.7 Å². The minimum atomic E-state index is -4.34. The van der Waals surface area contributed by atoms with E-state index in [-0.39, 0.29) is 31.1 Å². The van der Waals surface area contributed by atoms with Crippen LogP contribution >= 0.6 is 15.9 Å². The number of nitro groups is 1. The molecular weight excluding hydrogens is 347 g/mol. The minimum Gasteiger partial charge on any atom is -0.492 e. The first-order valence-corrected chi connectivity index (χ1v) is 6.30. The first kappa shape index (κ1) is 16.7. The second-order valence-electron chi connectivity index (χ2n) is 3.74. The Bertz CT molecular complexity index is 467. The molecule has 0 aromatic heterocycles. The lowest BCUT2D eigenvalue weighted by molar-refractivity contribution is -0.385. The Balaban J connectivity index is 2.35. The minimum absolute atomic E-state index is 0.0949. The van der Waals surface area contributed by atoms with Crippen LogP contribution in [-0.2, 0) is 4.74 Å². The Morgan fingerprint density at radius 2 is 2.00 bits per heavy atom. The third-order valence-electron chi connectivity index (χ3n) is 2.08. The molecule has 0 saturated heterocycles. The number of benzene rings is 1. The third kappa shape index (κ3) is 6.20. The van der Waals surface area contributed by atoms with Crippen LogP contribution in [0.15, 0.2) is 22.7 Å². The highest BCUT2D eigenvalue weighted by molar-refractivity contribution is 9.10. The number of hydrogen-bond acceptors (Lipinski definition) is 4. The number of nitro benzene ring substituents is 1. The highest BCUT2D eigenvalue weighted by Crippen LogP contribution is 2.29. The van der Waals surface area contributed by atoms with Gasteiger partial charge in [0.1, 0.15) is 12.4 Å².